The van der Waals surface area contributed by atoms with E-state index < -0.39 is 0 Å². The van der Waals surface area contributed by atoms with Crippen LogP contribution in [-0.4, -0.2) is 85.0 Å². The lowest BCUT2D eigenvalue weighted by molar-refractivity contribution is -0.111. The molecule has 1 aromatic carbocycles. The van der Waals surface area contributed by atoms with Crippen LogP contribution in [0.4, 0.5) is 17.3 Å². The lowest BCUT2D eigenvalue weighted by Crippen LogP contribution is -2.44. The first-order valence-electron chi connectivity index (χ1n) is 11.4. The highest BCUT2D eigenvalue weighted by Crippen LogP contribution is 2.29. The van der Waals surface area contributed by atoms with Crippen molar-refractivity contribution in [1.82, 2.24) is 19.8 Å². The molecule has 0 atom stereocenters. The second-order valence-electron chi connectivity index (χ2n) is 8.30. The second-order valence-corrected chi connectivity index (χ2v) is 8.71. The number of benzene rings is 1. The highest BCUT2D eigenvalue weighted by Gasteiger charge is 2.23. The quantitative estimate of drug-likeness (QED) is 0.600. The lowest BCUT2D eigenvalue weighted by atomic mass is 10.1. The lowest BCUT2D eigenvalue weighted by Gasteiger charge is -2.35. The van der Waals surface area contributed by atoms with Gasteiger partial charge in [0.25, 0.3) is 5.91 Å². The fourth-order valence-electron chi connectivity index (χ4n) is 3.87. The third-order valence-corrected chi connectivity index (χ3v) is 6.11. The van der Waals surface area contributed by atoms with Crippen LogP contribution in [0.3, 0.4) is 0 Å². The summed E-state index contributed by atoms with van der Waals surface area (Å²) in [5, 5.41) is 3.23. The molecule has 0 spiro atoms. The molecule has 2 fully saturated rings. The summed E-state index contributed by atoms with van der Waals surface area (Å²) in [5.41, 5.74) is 7.57. The number of hydrogen-bond donors (Lipinski definition) is 2. The summed E-state index contributed by atoms with van der Waals surface area (Å²) in [6, 6.07) is 5.56. The number of ether oxygens (including phenoxy) is 1. The van der Waals surface area contributed by atoms with Crippen molar-refractivity contribution in [2.75, 3.05) is 69.4 Å². The molecule has 0 unspecified atom stereocenters. The molecule has 0 radical (unpaired) electrons. The number of carbonyl (C=O) groups is 2. The number of piperazine rings is 1. The summed E-state index contributed by atoms with van der Waals surface area (Å²) in [4.78, 5) is 38.2. The molecule has 0 saturated carbocycles. The number of nitrogens with zero attached hydrogens (tertiary/aromatic N) is 5. The molecule has 11 heteroatoms. The maximum atomic E-state index is 12.7. The molecule has 2 aromatic rings. The molecule has 3 heterocycles. The van der Waals surface area contributed by atoms with Gasteiger partial charge in [0.05, 0.1) is 24.7 Å². The summed E-state index contributed by atoms with van der Waals surface area (Å²) in [7, 11) is 3.57. The Hall–Kier alpha value is -3.37. The minimum atomic E-state index is -0.242. The van der Waals surface area contributed by atoms with Crippen LogP contribution in [0.5, 0.6) is 5.88 Å². The molecule has 35 heavy (non-hydrogen) atoms. The number of nitrogens with two attached hydrogens (primary N) is 1. The number of halogens is 1. The maximum Gasteiger partial charge on any atom is 0.253 e. The van der Waals surface area contributed by atoms with E-state index in [-0.39, 0.29) is 17.8 Å². The van der Waals surface area contributed by atoms with Crippen LogP contribution in [-0.2, 0) is 4.79 Å². The number of nitrogens with one attached hydrogen (secondary N) is 1. The fraction of sp³-hybridized carbons (Fsp3) is 0.417. The monoisotopic (exact) mass is 501 g/mol. The number of likely N-dealkylation sites (tertiary alicyclic amines) is 1. The average molecular weight is 502 g/mol. The third kappa shape index (κ3) is 7.06. The number of likely N-dealkylation sites (N-methyl/N-ethyl adjacent to an activating group) is 1. The fourth-order valence-corrected chi connectivity index (χ4v) is 4.04. The van der Waals surface area contributed by atoms with Crippen LogP contribution in [0.25, 0.3) is 0 Å². The van der Waals surface area contributed by atoms with Gasteiger partial charge in [0.1, 0.15) is 5.02 Å². The molecule has 2 saturated heterocycles. The number of aromatic nitrogens is 2. The SMILES string of the molecule is C=CC(=O)Nc1ccc(C(=O)N2CCCC2)cc1N1CCN(C)CC1.COc1nc(N)ncc1Cl. The molecule has 0 bridgehead atoms. The van der Waals surface area contributed by atoms with Gasteiger partial charge in [-0.2, -0.15) is 4.98 Å². The van der Waals surface area contributed by atoms with Gasteiger partial charge in [-0.05, 0) is 44.2 Å². The molecule has 2 aliphatic heterocycles. The summed E-state index contributed by atoms with van der Waals surface area (Å²) in [6.45, 7) is 8.83. The van der Waals surface area contributed by atoms with Crippen LogP contribution in [0, 0.1) is 0 Å². The van der Waals surface area contributed by atoms with E-state index in [1.165, 1.54) is 19.4 Å². The Bertz CT molecular complexity index is 1050. The largest absolute Gasteiger partial charge is 0.480 e. The zero-order valence-electron chi connectivity index (χ0n) is 20.2. The van der Waals surface area contributed by atoms with E-state index in [1.807, 2.05) is 17.0 Å². The normalized spacial score (nSPS) is 15.7. The predicted molar refractivity (Wildman–Crippen MR) is 138 cm³/mol. The second kappa shape index (κ2) is 12.4. The zero-order chi connectivity index (χ0) is 25.4. The Morgan fingerprint density at radius 3 is 2.46 bits per heavy atom. The molecule has 4 rings (SSSR count). The van der Waals surface area contributed by atoms with Gasteiger partial charge in [-0.1, -0.05) is 18.2 Å². The van der Waals surface area contributed by atoms with E-state index in [1.54, 1.807) is 6.07 Å². The maximum absolute atomic E-state index is 12.7. The minimum Gasteiger partial charge on any atom is -0.480 e. The molecule has 10 nitrogen and oxygen atoms in total. The molecule has 188 valence electrons. The highest BCUT2D eigenvalue weighted by molar-refractivity contribution is 6.31. The number of amides is 2. The van der Waals surface area contributed by atoms with Gasteiger partial charge in [0.2, 0.25) is 17.7 Å². The Morgan fingerprint density at radius 1 is 1.17 bits per heavy atom. The van der Waals surface area contributed by atoms with Crippen molar-refractivity contribution in [2.24, 2.45) is 0 Å². The van der Waals surface area contributed by atoms with Gasteiger partial charge in [-0.25, -0.2) is 4.98 Å². The summed E-state index contributed by atoms with van der Waals surface area (Å²) < 4.78 is 4.76. The first kappa shape index (κ1) is 26.2. The Labute approximate surface area is 210 Å². The predicted octanol–water partition coefficient (Wildman–Crippen LogP) is 2.52. The minimum absolute atomic E-state index is 0.0782. The van der Waals surface area contributed by atoms with Crippen molar-refractivity contribution >= 4 is 40.7 Å². The first-order valence-corrected chi connectivity index (χ1v) is 11.8. The van der Waals surface area contributed by atoms with Crippen molar-refractivity contribution in [1.29, 1.82) is 0 Å². The number of rotatable bonds is 5. The summed E-state index contributed by atoms with van der Waals surface area (Å²) in [6.07, 6.45) is 4.80. The van der Waals surface area contributed by atoms with Crippen LogP contribution in [0.15, 0.2) is 37.1 Å². The van der Waals surface area contributed by atoms with Gasteiger partial charge in [0, 0.05) is 44.8 Å². The number of anilines is 3. The van der Waals surface area contributed by atoms with Gasteiger partial charge < -0.3 is 30.5 Å². The summed E-state index contributed by atoms with van der Waals surface area (Å²) >= 11 is 5.59. The van der Waals surface area contributed by atoms with Crippen molar-refractivity contribution < 1.29 is 14.3 Å². The van der Waals surface area contributed by atoms with Gasteiger partial charge in [-0.15, -0.1) is 0 Å². The number of carbonyl (C=O) groups excluding carboxylic acids is 2. The molecule has 1 aromatic heterocycles. The molecule has 3 N–H and O–H groups in total. The van der Waals surface area contributed by atoms with Crippen LogP contribution in [0.1, 0.15) is 23.2 Å². The smallest absolute Gasteiger partial charge is 0.253 e. The highest BCUT2D eigenvalue weighted by atomic mass is 35.5. The first-order chi connectivity index (χ1) is 16.8. The van der Waals surface area contributed by atoms with E-state index in [2.05, 4.69) is 38.7 Å². The Kier molecular flexibility index (Phi) is 9.27. The molecular weight excluding hydrogens is 470 g/mol. The van der Waals surface area contributed by atoms with E-state index in [9.17, 15) is 9.59 Å². The zero-order valence-corrected chi connectivity index (χ0v) is 20.9. The Morgan fingerprint density at radius 2 is 1.86 bits per heavy atom. The van der Waals surface area contributed by atoms with E-state index >= 15 is 0 Å². The van der Waals surface area contributed by atoms with Crippen molar-refractivity contribution in [3.63, 3.8) is 0 Å². The molecule has 2 aliphatic rings. The Balaban J connectivity index is 0.000000287. The molecule has 0 aliphatic carbocycles. The van der Waals surface area contributed by atoms with Crippen LogP contribution >= 0.6 is 11.6 Å². The van der Waals surface area contributed by atoms with Crippen LogP contribution in [0.2, 0.25) is 5.02 Å². The number of methoxy groups -OCH3 is 1. The van der Waals surface area contributed by atoms with Crippen molar-refractivity contribution in [3.05, 3.63) is 47.6 Å². The van der Waals surface area contributed by atoms with Gasteiger partial charge in [0.15, 0.2) is 0 Å². The van der Waals surface area contributed by atoms with Crippen molar-refractivity contribution in [3.8, 4) is 5.88 Å². The standard InChI is InChI=1S/C19H26N4O2.C5H6ClN3O/c1-3-18(24)20-16-7-6-15(19(25)23-8-4-5-9-23)14-17(16)22-12-10-21(2)11-13-22;1-10-4-3(6)2-8-5(7)9-4/h3,6-7,14H,1,4-5,8-13H2,2H3,(H,20,24);2H,1H3,(H2,7,8,9). The third-order valence-electron chi connectivity index (χ3n) is 5.85. The summed E-state index contributed by atoms with van der Waals surface area (Å²) in [5.74, 6) is 0.291. The molecule has 2 amide bonds. The van der Waals surface area contributed by atoms with E-state index in [0.717, 1.165) is 63.5 Å². The van der Waals surface area contributed by atoms with Crippen LogP contribution < -0.4 is 20.7 Å². The topological polar surface area (TPSA) is 117 Å². The van der Waals surface area contributed by atoms with Gasteiger partial charge in [-0.3, -0.25) is 9.59 Å². The van der Waals surface area contributed by atoms with E-state index in [4.69, 9.17) is 22.1 Å². The average Bonchev–Trinajstić information content (AvgIpc) is 3.41. The molecular formula is C24H32ClN7O3. The number of nitrogen functional groups attached to an aromatic ring is 1. The number of hydrogen-bond acceptors (Lipinski definition) is 8. The van der Waals surface area contributed by atoms with Gasteiger partial charge >= 0.3 is 0 Å². The van der Waals surface area contributed by atoms with Crippen molar-refractivity contribution in [2.45, 2.75) is 12.8 Å². The van der Waals surface area contributed by atoms with E-state index in [0.29, 0.717) is 16.5 Å².